The van der Waals surface area contributed by atoms with Gasteiger partial charge in [0.15, 0.2) is 0 Å². The molecule has 0 fully saturated rings. The van der Waals surface area contributed by atoms with Gasteiger partial charge in [-0.2, -0.15) is 0 Å². The molecular formula is C7H8N2O3. The lowest BCUT2D eigenvalue weighted by Gasteiger charge is -2.04. The van der Waals surface area contributed by atoms with Crippen molar-refractivity contribution in [3.63, 3.8) is 0 Å². The Balaban J connectivity index is 2.74. The highest BCUT2D eigenvalue weighted by Gasteiger charge is 2.12. The zero-order chi connectivity index (χ0) is 8.97. The number of rotatable bonds is 2. The van der Waals surface area contributed by atoms with Crippen LogP contribution in [0.1, 0.15) is 6.42 Å². The Hall–Kier alpha value is -1.49. The number of aliphatic carboxylic acids is 1. The lowest BCUT2D eigenvalue weighted by molar-refractivity contribution is -0.132. The summed E-state index contributed by atoms with van der Waals surface area (Å²) in [5.74, 6) is -0.635. The van der Waals surface area contributed by atoms with Gasteiger partial charge in [0.1, 0.15) is 12.6 Å². The molecule has 1 rings (SSSR count). The first kappa shape index (κ1) is 8.61. The molecule has 0 aliphatic carbocycles. The number of hydrogen-bond donors (Lipinski definition) is 2. The molecular weight excluding hydrogens is 160 g/mol. The Bertz CT molecular complexity index is 278. The van der Waals surface area contributed by atoms with Gasteiger partial charge in [0.25, 0.3) is 0 Å². The second-order valence-corrected chi connectivity index (χ2v) is 2.17. The summed E-state index contributed by atoms with van der Waals surface area (Å²) >= 11 is 0. The van der Waals surface area contributed by atoms with Gasteiger partial charge in [-0.3, -0.25) is 0 Å². The van der Waals surface area contributed by atoms with Crippen LogP contribution in [0.4, 0.5) is 0 Å². The van der Waals surface area contributed by atoms with Crippen molar-refractivity contribution in [3.8, 4) is 0 Å². The van der Waals surface area contributed by atoms with E-state index in [-0.39, 0.29) is 18.7 Å². The largest absolute Gasteiger partial charge is 0.478 e. The predicted molar refractivity (Wildman–Crippen MR) is 43.3 cm³/mol. The molecule has 0 saturated carbocycles. The van der Waals surface area contributed by atoms with Gasteiger partial charge in [0.05, 0.1) is 0 Å². The lowest BCUT2D eigenvalue weighted by Crippen LogP contribution is -2.10. The third-order valence-corrected chi connectivity index (χ3v) is 1.38. The third-order valence-electron chi connectivity index (χ3n) is 1.38. The van der Waals surface area contributed by atoms with Crippen LogP contribution in [0.2, 0.25) is 0 Å². The summed E-state index contributed by atoms with van der Waals surface area (Å²) in [5.41, 5.74) is 0.234. The first-order valence-corrected chi connectivity index (χ1v) is 3.34. The Labute approximate surface area is 68.8 Å². The van der Waals surface area contributed by atoms with Gasteiger partial charge in [-0.15, -0.1) is 0 Å². The molecule has 0 bridgehead atoms. The van der Waals surface area contributed by atoms with Gasteiger partial charge in [-0.25, -0.2) is 14.8 Å². The summed E-state index contributed by atoms with van der Waals surface area (Å²) in [7, 11) is 0. The van der Waals surface area contributed by atoms with Gasteiger partial charge in [0.2, 0.25) is 0 Å². The molecule has 0 atom stereocenters. The number of hydrogen-bond acceptors (Lipinski definition) is 3. The minimum atomic E-state index is -0.980. The average molecular weight is 168 g/mol. The summed E-state index contributed by atoms with van der Waals surface area (Å²) in [6.07, 6.45) is 2.95. The second kappa shape index (κ2) is 3.77. The maximum absolute atomic E-state index is 10.5. The molecule has 1 aliphatic rings. The summed E-state index contributed by atoms with van der Waals surface area (Å²) in [6, 6.07) is 0. The fraction of sp³-hybridized carbons (Fsp3) is 0.286. The molecule has 0 unspecified atom stereocenters. The van der Waals surface area contributed by atoms with Gasteiger partial charge in [0, 0.05) is 18.2 Å². The number of allylic oxidation sites excluding steroid dienone is 1. The average Bonchev–Trinajstić information content (AvgIpc) is 2.05. The molecule has 0 spiro atoms. The molecule has 1 heterocycles. The molecule has 0 aromatic heterocycles. The van der Waals surface area contributed by atoms with Crippen LogP contribution < -0.4 is 0 Å². The maximum Gasteiger partial charge on any atom is 0.332 e. The number of amidine groups is 1. The molecule has 5 heteroatoms. The Morgan fingerprint density at radius 2 is 2.50 bits per heavy atom. The topological polar surface area (TPSA) is 82.2 Å². The summed E-state index contributed by atoms with van der Waals surface area (Å²) in [4.78, 5) is 17.8. The van der Waals surface area contributed by atoms with Gasteiger partial charge >= 0.3 is 5.97 Å². The number of aliphatic imine (C=N–C) groups is 2. The number of carbonyl (C=O) groups is 1. The fourth-order valence-electron chi connectivity index (χ4n) is 0.813. The van der Waals surface area contributed by atoms with Crippen LogP contribution >= 0.6 is 0 Å². The first-order valence-electron chi connectivity index (χ1n) is 3.34. The van der Waals surface area contributed by atoms with Crippen molar-refractivity contribution in [2.75, 3.05) is 6.73 Å². The highest BCUT2D eigenvalue weighted by molar-refractivity contribution is 6.05. The molecule has 5 nitrogen and oxygen atoms in total. The van der Waals surface area contributed by atoms with E-state index in [1.54, 1.807) is 0 Å². The van der Waals surface area contributed by atoms with E-state index in [1.807, 2.05) is 0 Å². The zero-order valence-corrected chi connectivity index (χ0v) is 6.27. The highest BCUT2D eigenvalue weighted by Crippen LogP contribution is 2.07. The first-order chi connectivity index (χ1) is 5.74. The van der Waals surface area contributed by atoms with Crippen molar-refractivity contribution in [1.29, 1.82) is 0 Å². The number of nitrogens with zero attached hydrogens (tertiary/aromatic N) is 2. The standard InChI is InChI=1S/C7H8N2O3/c10-4-9-6-3-5(7(11)12)1-2-8-6/h1-2,10H,3-4H2,(H,11,12)/b9-6-. The van der Waals surface area contributed by atoms with E-state index in [0.717, 1.165) is 0 Å². The van der Waals surface area contributed by atoms with E-state index < -0.39 is 5.97 Å². The van der Waals surface area contributed by atoms with E-state index in [2.05, 4.69) is 9.98 Å². The van der Waals surface area contributed by atoms with E-state index in [4.69, 9.17) is 10.2 Å². The van der Waals surface area contributed by atoms with Crippen LogP contribution in [0.15, 0.2) is 21.6 Å². The van der Waals surface area contributed by atoms with E-state index in [0.29, 0.717) is 5.84 Å². The molecule has 0 aromatic rings. The van der Waals surface area contributed by atoms with Crippen LogP contribution in [0, 0.1) is 0 Å². The van der Waals surface area contributed by atoms with Crippen molar-refractivity contribution in [3.05, 3.63) is 11.6 Å². The van der Waals surface area contributed by atoms with E-state index >= 15 is 0 Å². The Morgan fingerprint density at radius 1 is 1.75 bits per heavy atom. The predicted octanol–water partition coefficient (Wildman–Crippen LogP) is -0.180. The van der Waals surface area contributed by atoms with Crippen LogP contribution in [0.25, 0.3) is 0 Å². The monoisotopic (exact) mass is 168 g/mol. The second-order valence-electron chi connectivity index (χ2n) is 2.17. The minimum Gasteiger partial charge on any atom is -0.478 e. The number of carboxylic acids is 1. The molecule has 0 aromatic carbocycles. The van der Waals surface area contributed by atoms with Gasteiger partial charge in [-0.1, -0.05) is 0 Å². The van der Waals surface area contributed by atoms with Crippen LogP contribution in [-0.2, 0) is 4.79 Å². The molecule has 0 amide bonds. The number of aliphatic hydroxyl groups is 1. The third kappa shape index (κ3) is 2.00. The number of carboxylic acid groups (broad SMARTS) is 1. The fourth-order valence-corrected chi connectivity index (χ4v) is 0.813. The number of aliphatic hydroxyl groups excluding tert-OH is 1. The molecule has 2 N–H and O–H groups in total. The summed E-state index contributed by atoms with van der Waals surface area (Å²) < 4.78 is 0. The van der Waals surface area contributed by atoms with Crippen molar-refractivity contribution >= 4 is 18.0 Å². The van der Waals surface area contributed by atoms with Gasteiger partial charge < -0.3 is 10.2 Å². The number of dihydropyridines is 1. The molecule has 64 valence electrons. The molecule has 12 heavy (non-hydrogen) atoms. The summed E-state index contributed by atoms with van der Waals surface area (Å²) in [6.45, 7) is -0.362. The Morgan fingerprint density at radius 3 is 3.08 bits per heavy atom. The van der Waals surface area contributed by atoms with Crippen LogP contribution in [0.5, 0.6) is 0 Å². The molecule has 0 radical (unpaired) electrons. The Kier molecular flexibility index (Phi) is 2.71. The van der Waals surface area contributed by atoms with Crippen LogP contribution in [-0.4, -0.2) is 35.0 Å². The van der Waals surface area contributed by atoms with Crippen molar-refractivity contribution in [1.82, 2.24) is 0 Å². The minimum absolute atomic E-state index is 0.173. The van der Waals surface area contributed by atoms with E-state index in [9.17, 15) is 4.79 Å². The van der Waals surface area contributed by atoms with Crippen LogP contribution in [0.3, 0.4) is 0 Å². The normalized spacial score (nSPS) is 19.4. The molecule has 1 aliphatic heterocycles. The highest BCUT2D eigenvalue weighted by atomic mass is 16.4. The molecule has 0 saturated heterocycles. The maximum atomic E-state index is 10.5. The smallest absolute Gasteiger partial charge is 0.332 e. The van der Waals surface area contributed by atoms with Gasteiger partial charge in [-0.05, 0) is 6.08 Å². The van der Waals surface area contributed by atoms with E-state index in [1.165, 1.54) is 12.3 Å². The zero-order valence-electron chi connectivity index (χ0n) is 6.27. The summed E-state index contributed by atoms with van der Waals surface area (Å²) in [5, 5.41) is 17.0. The lowest BCUT2D eigenvalue weighted by atomic mass is 10.1. The van der Waals surface area contributed by atoms with Crippen molar-refractivity contribution in [2.45, 2.75) is 6.42 Å². The SMILES string of the molecule is O=C(O)C1=CC=N/C(=N\CO)C1. The quantitative estimate of drug-likeness (QED) is 0.600. The van der Waals surface area contributed by atoms with Crippen molar-refractivity contribution < 1.29 is 15.0 Å². The van der Waals surface area contributed by atoms with Crippen molar-refractivity contribution in [2.24, 2.45) is 9.98 Å².